The van der Waals surface area contributed by atoms with Gasteiger partial charge in [0.2, 0.25) is 0 Å². The molecule has 1 N–H and O–H groups in total. The first-order chi connectivity index (χ1) is 10.1. The SMILES string of the molecule is CCNC(C1CCCCCC1)C1(N(C)C)CCCC(C)C1. The van der Waals surface area contributed by atoms with Crippen LogP contribution in [0.15, 0.2) is 0 Å². The summed E-state index contributed by atoms with van der Waals surface area (Å²) in [7, 11) is 4.66. The lowest BCUT2D eigenvalue weighted by Gasteiger charge is -2.53. The summed E-state index contributed by atoms with van der Waals surface area (Å²) in [4.78, 5) is 2.58. The molecule has 0 saturated heterocycles. The number of hydrogen-bond donors (Lipinski definition) is 1. The minimum Gasteiger partial charge on any atom is -0.312 e. The second-order valence-corrected chi connectivity index (χ2v) is 7.99. The Morgan fingerprint density at radius 1 is 1.05 bits per heavy atom. The smallest absolute Gasteiger partial charge is 0.0361 e. The molecule has 3 atom stereocenters. The van der Waals surface area contributed by atoms with Crippen molar-refractivity contribution in [1.29, 1.82) is 0 Å². The van der Waals surface area contributed by atoms with E-state index in [1.165, 1.54) is 64.2 Å². The Balaban J connectivity index is 2.22. The van der Waals surface area contributed by atoms with E-state index in [2.05, 4.69) is 38.2 Å². The molecule has 2 fully saturated rings. The summed E-state index contributed by atoms with van der Waals surface area (Å²) in [6, 6.07) is 0.693. The van der Waals surface area contributed by atoms with E-state index in [4.69, 9.17) is 0 Å². The van der Waals surface area contributed by atoms with Crippen molar-refractivity contribution in [2.75, 3.05) is 20.6 Å². The van der Waals surface area contributed by atoms with Crippen molar-refractivity contribution in [3.05, 3.63) is 0 Å². The van der Waals surface area contributed by atoms with Gasteiger partial charge in [-0.05, 0) is 58.2 Å². The molecule has 2 saturated carbocycles. The van der Waals surface area contributed by atoms with Gasteiger partial charge in [-0.15, -0.1) is 0 Å². The van der Waals surface area contributed by atoms with Gasteiger partial charge in [0.05, 0.1) is 0 Å². The van der Waals surface area contributed by atoms with Gasteiger partial charge >= 0.3 is 0 Å². The summed E-state index contributed by atoms with van der Waals surface area (Å²) in [6.45, 7) is 5.87. The molecule has 124 valence electrons. The van der Waals surface area contributed by atoms with Crippen LogP contribution in [0.3, 0.4) is 0 Å². The third-order valence-corrected chi connectivity index (χ3v) is 6.27. The highest BCUT2D eigenvalue weighted by Gasteiger charge is 2.46. The van der Waals surface area contributed by atoms with Crippen molar-refractivity contribution in [3.63, 3.8) is 0 Å². The molecule has 3 unspecified atom stereocenters. The van der Waals surface area contributed by atoms with E-state index in [9.17, 15) is 0 Å². The highest BCUT2D eigenvalue weighted by atomic mass is 15.2. The molecule has 0 bridgehead atoms. The zero-order valence-electron chi connectivity index (χ0n) is 15.0. The van der Waals surface area contributed by atoms with Crippen LogP contribution < -0.4 is 5.32 Å². The molecule has 0 heterocycles. The molecule has 2 aliphatic carbocycles. The maximum Gasteiger partial charge on any atom is 0.0361 e. The fourth-order valence-corrected chi connectivity index (χ4v) is 5.19. The maximum atomic E-state index is 3.95. The van der Waals surface area contributed by atoms with E-state index in [1.807, 2.05) is 0 Å². The highest BCUT2D eigenvalue weighted by molar-refractivity contribution is 5.04. The lowest BCUT2D eigenvalue weighted by molar-refractivity contribution is 0.0130. The molecule has 2 rings (SSSR count). The zero-order valence-corrected chi connectivity index (χ0v) is 15.0. The monoisotopic (exact) mass is 294 g/mol. The predicted octanol–water partition coefficient (Wildman–Crippen LogP) is 4.45. The van der Waals surface area contributed by atoms with E-state index in [0.717, 1.165) is 18.4 Å². The molecule has 2 aliphatic rings. The van der Waals surface area contributed by atoms with E-state index in [-0.39, 0.29) is 0 Å². The first-order valence-electron chi connectivity index (χ1n) is 9.51. The molecule has 0 aromatic carbocycles. The summed E-state index contributed by atoms with van der Waals surface area (Å²) in [5.74, 6) is 1.77. The summed E-state index contributed by atoms with van der Waals surface area (Å²) in [5, 5.41) is 3.95. The van der Waals surface area contributed by atoms with E-state index in [0.29, 0.717) is 11.6 Å². The quantitative estimate of drug-likeness (QED) is 0.754. The van der Waals surface area contributed by atoms with Crippen molar-refractivity contribution in [2.45, 2.75) is 89.6 Å². The van der Waals surface area contributed by atoms with Gasteiger partial charge in [-0.25, -0.2) is 0 Å². The Morgan fingerprint density at radius 3 is 2.24 bits per heavy atom. The van der Waals surface area contributed by atoms with Crippen LogP contribution in [0.5, 0.6) is 0 Å². The number of nitrogens with one attached hydrogen (secondary N) is 1. The summed E-state index contributed by atoms with van der Waals surface area (Å²) < 4.78 is 0. The average Bonchev–Trinajstić information content (AvgIpc) is 2.73. The van der Waals surface area contributed by atoms with Gasteiger partial charge in [0.25, 0.3) is 0 Å². The van der Waals surface area contributed by atoms with Crippen molar-refractivity contribution in [3.8, 4) is 0 Å². The van der Waals surface area contributed by atoms with Crippen LogP contribution in [0, 0.1) is 11.8 Å². The minimum atomic E-state index is 0.392. The van der Waals surface area contributed by atoms with Crippen molar-refractivity contribution < 1.29 is 0 Å². The molecule has 0 aromatic heterocycles. The predicted molar refractivity (Wildman–Crippen MR) is 92.7 cm³/mol. The second-order valence-electron chi connectivity index (χ2n) is 7.99. The molecule has 0 amide bonds. The van der Waals surface area contributed by atoms with Crippen LogP contribution in [0.1, 0.15) is 78.1 Å². The molecule has 21 heavy (non-hydrogen) atoms. The molecular formula is C19H38N2. The summed E-state index contributed by atoms with van der Waals surface area (Å²) >= 11 is 0. The Morgan fingerprint density at radius 2 is 1.71 bits per heavy atom. The van der Waals surface area contributed by atoms with Crippen molar-refractivity contribution in [1.82, 2.24) is 10.2 Å². The van der Waals surface area contributed by atoms with Crippen LogP contribution in [0.25, 0.3) is 0 Å². The van der Waals surface area contributed by atoms with Gasteiger partial charge in [0.1, 0.15) is 0 Å². The van der Waals surface area contributed by atoms with Crippen LogP contribution in [-0.4, -0.2) is 37.1 Å². The van der Waals surface area contributed by atoms with Gasteiger partial charge in [-0.3, -0.25) is 0 Å². The number of hydrogen-bond acceptors (Lipinski definition) is 2. The Hall–Kier alpha value is -0.0800. The van der Waals surface area contributed by atoms with E-state index >= 15 is 0 Å². The second kappa shape index (κ2) is 7.97. The maximum absolute atomic E-state index is 3.95. The fourth-order valence-electron chi connectivity index (χ4n) is 5.19. The Bertz CT molecular complexity index is 294. The topological polar surface area (TPSA) is 15.3 Å². The normalized spacial score (nSPS) is 33.9. The van der Waals surface area contributed by atoms with Crippen LogP contribution in [0.4, 0.5) is 0 Å². The Labute approximate surface area is 133 Å². The van der Waals surface area contributed by atoms with E-state index in [1.54, 1.807) is 0 Å². The minimum absolute atomic E-state index is 0.392. The zero-order chi connectivity index (χ0) is 15.3. The number of nitrogens with zero attached hydrogens (tertiary/aromatic N) is 1. The summed E-state index contributed by atoms with van der Waals surface area (Å²) in [5.41, 5.74) is 0.392. The van der Waals surface area contributed by atoms with Gasteiger partial charge in [0.15, 0.2) is 0 Å². The van der Waals surface area contributed by atoms with Gasteiger partial charge in [0, 0.05) is 11.6 Å². The standard InChI is InChI=1S/C19H38N2/c1-5-20-18(17-12-8-6-7-9-13-17)19(21(3)4)14-10-11-16(2)15-19/h16-18,20H,5-15H2,1-4H3. The number of rotatable bonds is 5. The molecule has 0 spiro atoms. The van der Waals surface area contributed by atoms with Crippen molar-refractivity contribution >= 4 is 0 Å². The number of likely N-dealkylation sites (N-methyl/N-ethyl adjacent to an activating group) is 2. The fraction of sp³-hybridized carbons (Fsp3) is 1.00. The van der Waals surface area contributed by atoms with Crippen LogP contribution >= 0.6 is 0 Å². The van der Waals surface area contributed by atoms with Gasteiger partial charge in [-0.2, -0.15) is 0 Å². The first kappa shape index (κ1) is 17.3. The lowest BCUT2D eigenvalue weighted by Crippen LogP contribution is -2.63. The largest absolute Gasteiger partial charge is 0.312 e. The highest BCUT2D eigenvalue weighted by Crippen LogP contribution is 2.42. The molecule has 0 aliphatic heterocycles. The molecule has 0 aromatic rings. The van der Waals surface area contributed by atoms with Gasteiger partial charge < -0.3 is 10.2 Å². The first-order valence-corrected chi connectivity index (χ1v) is 9.51. The lowest BCUT2D eigenvalue weighted by atomic mass is 9.67. The summed E-state index contributed by atoms with van der Waals surface area (Å²) in [6.07, 6.45) is 14.3. The molecule has 2 nitrogen and oxygen atoms in total. The molecule has 0 radical (unpaired) electrons. The van der Waals surface area contributed by atoms with Crippen molar-refractivity contribution in [2.24, 2.45) is 11.8 Å². The van der Waals surface area contributed by atoms with E-state index < -0.39 is 0 Å². The van der Waals surface area contributed by atoms with Gasteiger partial charge in [-0.1, -0.05) is 52.4 Å². The molecular weight excluding hydrogens is 256 g/mol. The third kappa shape index (κ3) is 4.01. The Kier molecular flexibility index (Phi) is 6.55. The van der Waals surface area contributed by atoms with Crippen LogP contribution in [0.2, 0.25) is 0 Å². The average molecular weight is 295 g/mol. The third-order valence-electron chi connectivity index (χ3n) is 6.27. The molecule has 2 heteroatoms. The van der Waals surface area contributed by atoms with Crippen LogP contribution in [-0.2, 0) is 0 Å².